The van der Waals surface area contributed by atoms with Crippen LogP contribution in [0.3, 0.4) is 0 Å². The van der Waals surface area contributed by atoms with E-state index in [0.717, 1.165) is 21.4 Å². The summed E-state index contributed by atoms with van der Waals surface area (Å²) >= 11 is 1.57. The lowest BCUT2D eigenvalue weighted by Gasteiger charge is -2.37. The molecule has 0 radical (unpaired) electrons. The molecular formula is C30H34N2O4S. The van der Waals surface area contributed by atoms with E-state index in [-0.39, 0.29) is 11.5 Å². The molecular weight excluding hydrogens is 484 g/mol. The Bertz CT molecular complexity index is 1430. The van der Waals surface area contributed by atoms with Crippen molar-refractivity contribution in [2.45, 2.75) is 53.3 Å². The molecule has 1 amide bonds. The first kappa shape index (κ1) is 26.5. The number of aromatic nitrogens is 1. The molecule has 0 spiro atoms. The summed E-state index contributed by atoms with van der Waals surface area (Å²) < 4.78 is 13.1. The van der Waals surface area contributed by atoms with E-state index >= 15 is 0 Å². The van der Waals surface area contributed by atoms with Crippen LogP contribution in [0.25, 0.3) is 21.2 Å². The number of anilines is 1. The molecule has 4 rings (SSSR count). The van der Waals surface area contributed by atoms with Crippen molar-refractivity contribution in [1.82, 2.24) is 4.57 Å². The Hall–Kier alpha value is -3.58. The number of fused-ring (bicyclic) bond motifs is 1. The van der Waals surface area contributed by atoms with E-state index in [0.29, 0.717) is 30.1 Å². The zero-order chi connectivity index (χ0) is 26.7. The van der Waals surface area contributed by atoms with Gasteiger partial charge >= 0.3 is 6.09 Å². The number of benzene rings is 2. The average molecular weight is 519 g/mol. The van der Waals surface area contributed by atoms with Gasteiger partial charge in [-0.1, -0.05) is 50.2 Å². The number of ether oxygens (including phenoxy) is 2. The second-order valence-electron chi connectivity index (χ2n) is 10.4. The van der Waals surface area contributed by atoms with Crippen LogP contribution in [0.4, 0.5) is 10.6 Å². The second-order valence-corrected chi connectivity index (χ2v) is 11.4. The van der Waals surface area contributed by atoms with Crippen LogP contribution < -0.4 is 15.2 Å². The molecule has 0 aliphatic heterocycles. The third-order valence-electron chi connectivity index (χ3n) is 6.02. The fourth-order valence-electron chi connectivity index (χ4n) is 4.44. The Morgan fingerprint density at radius 1 is 1.03 bits per heavy atom. The van der Waals surface area contributed by atoms with Gasteiger partial charge in [-0.2, -0.15) is 0 Å². The van der Waals surface area contributed by atoms with E-state index < -0.39 is 11.6 Å². The Kier molecular flexibility index (Phi) is 7.73. The Morgan fingerprint density at radius 2 is 1.76 bits per heavy atom. The fourth-order valence-corrected chi connectivity index (χ4v) is 5.22. The second kappa shape index (κ2) is 10.8. The van der Waals surface area contributed by atoms with Gasteiger partial charge in [-0.3, -0.25) is 14.3 Å². The number of rotatable bonds is 7. The number of hydrogen-bond donors (Lipinski definition) is 0. The van der Waals surface area contributed by atoms with Crippen molar-refractivity contribution < 1.29 is 14.3 Å². The summed E-state index contributed by atoms with van der Waals surface area (Å²) in [5.74, 6) is 1.37. The predicted octanol–water partition coefficient (Wildman–Crippen LogP) is 7.34. The molecule has 2 heterocycles. The summed E-state index contributed by atoms with van der Waals surface area (Å²) in [5.41, 5.74) is 1.07. The van der Waals surface area contributed by atoms with Gasteiger partial charge in [0.1, 0.15) is 18.2 Å². The Labute approximate surface area is 222 Å². The van der Waals surface area contributed by atoms with E-state index in [2.05, 4.69) is 13.8 Å². The van der Waals surface area contributed by atoms with Gasteiger partial charge in [0.2, 0.25) is 0 Å². The van der Waals surface area contributed by atoms with E-state index in [1.165, 1.54) is 7.11 Å². The number of amides is 1. The van der Waals surface area contributed by atoms with Gasteiger partial charge in [-0.15, -0.1) is 11.3 Å². The summed E-state index contributed by atoms with van der Waals surface area (Å²) in [6.07, 6.45) is -0.516. The van der Waals surface area contributed by atoms with Crippen molar-refractivity contribution in [2.24, 2.45) is 5.92 Å². The predicted molar refractivity (Wildman–Crippen MR) is 152 cm³/mol. The highest BCUT2D eigenvalue weighted by Crippen LogP contribution is 2.42. The summed E-state index contributed by atoms with van der Waals surface area (Å²) in [7, 11) is 1.37. The zero-order valence-corrected chi connectivity index (χ0v) is 23.1. The maximum Gasteiger partial charge on any atom is 0.415 e. The van der Waals surface area contributed by atoms with Crippen molar-refractivity contribution in [1.29, 1.82) is 0 Å². The number of carbonyl (C=O) groups is 1. The maximum absolute atomic E-state index is 14.0. The quantitative estimate of drug-likeness (QED) is 0.257. The summed E-state index contributed by atoms with van der Waals surface area (Å²) in [6.45, 7) is 10.8. The SMILES string of the molecule is COC(=O)N(c1c(-c2cccs2)c2cc(OCc3ccccc3)ccc2c(=O)n1CC(C)C)C(C)(C)C. The zero-order valence-electron chi connectivity index (χ0n) is 22.3. The van der Waals surface area contributed by atoms with Crippen molar-refractivity contribution in [3.8, 4) is 16.2 Å². The van der Waals surface area contributed by atoms with Gasteiger partial charge in [-0.05, 0) is 61.9 Å². The molecule has 0 saturated carbocycles. The van der Waals surface area contributed by atoms with E-state index in [9.17, 15) is 9.59 Å². The van der Waals surface area contributed by atoms with E-state index in [1.807, 2.05) is 86.8 Å². The Balaban J connectivity index is 2.04. The molecule has 0 bridgehead atoms. The lowest BCUT2D eigenvalue weighted by Crippen LogP contribution is -2.49. The smallest absolute Gasteiger partial charge is 0.415 e. The van der Waals surface area contributed by atoms with Crippen molar-refractivity contribution in [3.05, 3.63) is 82.0 Å². The molecule has 0 aliphatic rings. The molecule has 0 N–H and O–H groups in total. The van der Waals surface area contributed by atoms with Gasteiger partial charge in [-0.25, -0.2) is 4.79 Å². The number of nitrogens with zero attached hydrogens (tertiary/aromatic N) is 2. The minimum absolute atomic E-state index is 0.147. The van der Waals surface area contributed by atoms with Gasteiger partial charge < -0.3 is 9.47 Å². The molecule has 2 aromatic heterocycles. The average Bonchev–Trinajstić information content (AvgIpc) is 3.39. The highest BCUT2D eigenvalue weighted by atomic mass is 32.1. The van der Waals surface area contributed by atoms with Crippen molar-refractivity contribution in [3.63, 3.8) is 0 Å². The number of pyridine rings is 1. The number of thiophene rings is 1. The molecule has 7 heteroatoms. The van der Waals surface area contributed by atoms with E-state index in [1.54, 1.807) is 20.8 Å². The molecule has 37 heavy (non-hydrogen) atoms. The van der Waals surface area contributed by atoms with Crippen LogP contribution in [0, 0.1) is 5.92 Å². The van der Waals surface area contributed by atoms with Crippen molar-refractivity contribution in [2.75, 3.05) is 12.0 Å². The summed E-state index contributed by atoms with van der Waals surface area (Å²) in [4.78, 5) is 29.8. The normalized spacial score (nSPS) is 11.6. The molecule has 0 saturated heterocycles. The third-order valence-corrected chi connectivity index (χ3v) is 6.91. The highest BCUT2D eigenvalue weighted by molar-refractivity contribution is 7.13. The van der Waals surface area contributed by atoms with Crippen LogP contribution in [-0.2, 0) is 17.9 Å². The number of carbonyl (C=O) groups excluding carboxylic acids is 1. The monoisotopic (exact) mass is 518 g/mol. The molecule has 194 valence electrons. The molecule has 0 unspecified atom stereocenters. The van der Waals surface area contributed by atoms with Crippen LogP contribution in [-0.4, -0.2) is 23.3 Å². The molecule has 6 nitrogen and oxygen atoms in total. The van der Waals surface area contributed by atoms with Crippen LogP contribution in [0.2, 0.25) is 0 Å². The van der Waals surface area contributed by atoms with E-state index in [4.69, 9.17) is 9.47 Å². The lowest BCUT2D eigenvalue weighted by atomic mass is 10.00. The molecule has 0 atom stereocenters. The topological polar surface area (TPSA) is 60.8 Å². The highest BCUT2D eigenvalue weighted by Gasteiger charge is 2.35. The van der Waals surface area contributed by atoms with Crippen LogP contribution in [0.5, 0.6) is 5.75 Å². The standard InChI is InChI=1S/C30H34N2O4S/c1-20(2)18-31-27(32(29(34)35-6)30(3,4)5)26(25-13-10-16-37-25)24-17-22(14-15-23(24)28(31)33)36-19-21-11-8-7-9-12-21/h7-17,20H,18-19H2,1-6H3. The van der Waals surface area contributed by atoms with Gasteiger partial charge in [0, 0.05) is 33.3 Å². The maximum atomic E-state index is 14.0. The summed E-state index contributed by atoms with van der Waals surface area (Å²) in [5, 5.41) is 3.32. The fraction of sp³-hybridized carbons (Fsp3) is 0.333. The molecule has 0 aliphatic carbocycles. The van der Waals surface area contributed by atoms with Gasteiger partial charge in [0.05, 0.1) is 7.11 Å². The van der Waals surface area contributed by atoms with Crippen LogP contribution >= 0.6 is 11.3 Å². The molecule has 2 aromatic carbocycles. The van der Waals surface area contributed by atoms with Gasteiger partial charge in [0.25, 0.3) is 5.56 Å². The first-order valence-corrected chi connectivity index (χ1v) is 13.3. The minimum atomic E-state index is -0.653. The minimum Gasteiger partial charge on any atom is -0.489 e. The first-order chi connectivity index (χ1) is 17.6. The number of methoxy groups -OCH3 is 1. The van der Waals surface area contributed by atoms with Crippen LogP contribution in [0.15, 0.2) is 70.8 Å². The largest absolute Gasteiger partial charge is 0.489 e. The summed E-state index contributed by atoms with van der Waals surface area (Å²) in [6, 6.07) is 19.5. The lowest BCUT2D eigenvalue weighted by molar-refractivity contribution is 0.172. The molecule has 0 fully saturated rings. The van der Waals surface area contributed by atoms with Crippen LogP contribution in [0.1, 0.15) is 40.2 Å². The third kappa shape index (κ3) is 5.57. The first-order valence-electron chi connectivity index (χ1n) is 12.4. The van der Waals surface area contributed by atoms with Crippen molar-refractivity contribution >= 4 is 34.0 Å². The number of hydrogen-bond acceptors (Lipinski definition) is 5. The van der Waals surface area contributed by atoms with Gasteiger partial charge in [0.15, 0.2) is 0 Å². The molecule has 4 aromatic rings. The Morgan fingerprint density at radius 3 is 2.35 bits per heavy atom.